The van der Waals surface area contributed by atoms with Gasteiger partial charge in [-0.1, -0.05) is 72.8 Å². The van der Waals surface area contributed by atoms with Crippen LogP contribution in [0.15, 0.2) is 84.9 Å². The van der Waals surface area contributed by atoms with Crippen molar-refractivity contribution in [3.05, 3.63) is 84.9 Å². The van der Waals surface area contributed by atoms with E-state index in [0.717, 1.165) is 87.2 Å². The Bertz CT molecular complexity index is 2130. The second-order valence-corrected chi connectivity index (χ2v) is 9.09. The van der Waals surface area contributed by atoms with Gasteiger partial charge in [0.2, 0.25) is 0 Å². The van der Waals surface area contributed by atoms with E-state index in [1.165, 1.54) is 0 Å². The molecule has 0 aliphatic rings. The normalized spacial score (nSPS) is 12.3. The molecule has 9 aromatic rings. The summed E-state index contributed by atoms with van der Waals surface area (Å²) in [5, 5.41) is 8.75. The van der Waals surface area contributed by atoms with Gasteiger partial charge >= 0.3 is 21.1 Å². The molecule has 0 saturated carbocycles. The number of hydrogen-bond donors (Lipinski definition) is 0. The Balaban J connectivity index is 0.00000196. The standard InChI is InChI=1S/C30H14N4.Pt/c1-3-17-19-11-12-20-18-4-2-6-22-24-14-10-16-8-7-15-9-13-23(31-25(15)26(16)32-24)21(5-1)27(17)33-29(19)30(20)34-28(18)22;/h1-14H;/q-2;+2. The van der Waals surface area contributed by atoms with Crippen molar-refractivity contribution < 1.29 is 21.1 Å². The maximum atomic E-state index is 5.17. The fraction of sp³-hybridized carbons (Fsp3) is 0. The summed E-state index contributed by atoms with van der Waals surface area (Å²) in [6, 6.07) is 29.8. The topological polar surface area (TPSA) is 54.0 Å². The smallest absolute Gasteiger partial charge is 0.657 e. The van der Waals surface area contributed by atoms with E-state index in [0.29, 0.717) is 0 Å². The average molecular weight is 626 g/mol. The second-order valence-electron chi connectivity index (χ2n) is 9.09. The molecule has 9 rings (SSSR count). The molecule has 0 aliphatic carbocycles. The third kappa shape index (κ3) is 2.35. The number of fused-ring (bicyclic) bond motifs is 6. The predicted molar refractivity (Wildman–Crippen MR) is 140 cm³/mol. The Morgan fingerprint density at radius 1 is 0.400 bits per heavy atom. The van der Waals surface area contributed by atoms with Crippen LogP contribution >= 0.6 is 0 Å². The quantitative estimate of drug-likeness (QED) is 0.170. The van der Waals surface area contributed by atoms with Crippen molar-refractivity contribution in [3.63, 3.8) is 0 Å². The summed E-state index contributed by atoms with van der Waals surface area (Å²) in [4.78, 5) is 20.6. The van der Waals surface area contributed by atoms with Crippen LogP contribution in [-0.2, 0) is 21.1 Å². The zero-order chi connectivity index (χ0) is 22.0. The van der Waals surface area contributed by atoms with Gasteiger partial charge in [0.15, 0.2) is 0 Å². The van der Waals surface area contributed by atoms with E-state index < -0.39 is 0 Å². The number of nitrogens with zero attached hydrogens (tertiary/aromatic N) is 4. The van der Waals surface area contributed by atoms with E-state index >= 15 is 0 Å². The van der Waals surface area contributed by atoms with Crippen molar-refractivity contribution in [2.45, 2.75) is 0 Å². The molecule has 0 aliphatic heterocycles. The number of benzene rings is 4. The first kappa shape index (κ1) is 19.3. The molecule has 0 atom stereocenters. The van der Waals surface area contributed by atoms with Crippen molar-refractivity contribution >= 4 is 87.2 Å². The molecule has 0 spiro atoms. The summed E-state index contributed by atoms with van der Waals surface area (Å²) in [7, 11) is 0. The Kier molecular flexibility index (Phi) is 3.62. The summed E-state index contributed by atoms with van der Waals surface area (Å²) in [5.74, 6) is 0. The Labute approximate surface area is 212 Å². The molecule has 0 radical (unpaired) electrons. The van der Waals surface area contributed by atoms with Crippen LogP contribution in [-0.4, -0.2) is 9.97 Å². The summed E-state index contributed by atoms with van der Waals surface area (Å²) in [5.41, 5.74) is 7.47. The van der Waals surface area contributed by atoms with Crippen molar-refractivity contribution in [2.24, 2.45) is 0 Å². The van der Waals surface area contributed by atoms with Gasteiger partial charge in [-0.05, 0) is 44.5 Å². The largest absolute Gasteiger partial charge is 2.00 e. The summed E-state index contributed by atoms with van der Waals surface area (Å²) >= 11 is 0. The molecule has 5 aromatic heterocycles. The Morgan fingerprint density at radius 2 is 0.800 bits per heavy atom. The van der Waals surface area contributed by atoms with E-state index in [2.05, 4.69) is 84.9 Å². The maximum Gasteiger partial charge on any atom is 2.00 e. The number of rotatable bonds is 0. The van der Waals surface area contributed by atoms with Crippen LogP contribution in [0.5, 0.6) is 0 Å². The summed E-state index contributed by atoms with van der Waals surface area (Å²) < 4.78 is 0. The zero-order valence-electron chi connectivity index (χ0n) is 18.2. The number of para-hydroxylation sites is 2. The molecule has 0 saturated heterocycles. The molecule has 5 heteroatoms. The van der Waals surface area contributed by atoms with Crippen LogP contribution in [0, 0.1) is 0 Å². The number of aromatic nitrogens is 4. The molecular formula is C30H14N4Pt. The van der Waals surface area contributed by atoms with Gasteiger partial charge in [-0.15, -0.1) is 22.1 Å². The van der Waals surface area contributed by atoms with Crippen molar-refractivity contribution in [3.8, 4) is 0 Å². The second kappa shape index (κ2) is 6.56. The molecule has 4 aromatic carbocycles. The van der Waals surface area contributed by atoms with Gasteiger partial charge in [0, 0.05) is 10.8 Å². The molecule has 35 heavy (non-hydrogen) atoms. The van der Waals surface area contributed by atoms with Gasteiger partial charge in [0.1, 0.15) is 0 Å². The van der Waals surface area contributed by atoms with Gasteiger partial charge in [0.05, 0.1) is 22.1 Å². The van der Waals surface area contributed by atoms with E-state index in [4.69, 9.17) is 19.9 Å². The molecule has 8 bridgehead atoms. The predicted octanol–water partition coefficient (Wildman–Crippen LogP) is 7.05. The molecule has 4 nitrogen and oxygen atoms in total. The van der Waals surface area contributed by atoms with Crippen molar-refractivity contribution in [2.75, 3.05) is 0 Å². The molecular weight excluding hydrogens is 611 g/mol. The first-order valence-corrected chi connectivity index (χ1v) is 11.4. The summed E-state index contributed by atoms with van der Waals surface area (Å²) in [6.45, 7) is 0. The monoisotopic (exact) mass is 625 g/mol. The van der Waals surface area contributed by atoms with E-state index in [1.807, 2.05) is 0 Å². The van der Waals surface area contributed by atoms with Crippen molar-refractivity contribution in [1.82, 2.24) is 19.9 Å². The van der Waals surface area contributed by atoms with Crippen LogP contribution in [0.2, 0.25) is 0 Å². The fourth-order valence-corrected chi connectivity index (χ4v) is 5.71. The minimum atomic E-state index is 0. The Hall–Kier alpha value is -4.01. The van der Waals surface area contributed by atoms with Crippen LogP contribution in [0.25, 0.3) is 87.2 Å². The maximum absolute atomic E-state index is 5.17. The minimum absolute atomic E-state index is 0. The van der Waals surface area contributed by atoms with E-state index in [9.17, 15) is 0 Å². The van der Waals surface area contributed by atoms with Gasteiger partial charge in [-0.25, -0.2) is 9.97 Å². The summed E-state index contributed by atoms with van der Waals surface area (Å²) in [6.07, 6.45) is 0. The molecule has 0 amide bonds. The third-order valence-corrected chi connectivity index (χ3v) is 7.32. The van der Waals surface area contributed by atoms with Gasteiger partial charge in [0.25, 0.3) is 0 Å². The molecule has 164 valence electrons. The van der Waals surface area contributed by atoms with Crippen LogP contribution < -0.4 is 9.97 Å². The Morgan fingerprint density at radius 3 is 1.29 bits per heavy atom. The first-order chi connectivity index (χ1) is 16.8. The SMILES string of the molecule is [Pt+2].c1cc2c3ccc4ccc5ccc(nc5c4n3)c3cccc4c5ccc6c(c1)c2[n-]c6c5[n-]c34. The van der Waals surface area contributed by atoms with Crippen LogP contribution in [0.4, 0.5) is 0 Å². The molecule has 0 fully saturated rings. The third-order valence-electron chi connectivity index (χ3n) is 7.32. The van der Waals surface area contributed by atoms with Gasteiger partial charge in [-0.2, -0.15) is 0 Å². The molecule has 0 N–H and O–H groups in total. The zero-order valence-corrected chi connectivity index (χ0v) is 20.5. The molecule has 5 heterocycles. The minimum Gasteiger partial charge on any atom is -0.657 e. The average Bonchev–Trinajstić information content (AvgIpc) is 3.46. The van der Waals surface area contributed by atoms with Gasteiger partial charge in [-0.3, -0.25) is 0 Å². The van der Waals surface area contributed by atoms with Crippen LogP contribution in [0.1, 0.15) is 0 Å². The number of hydrogen-bond acceptors (Lipinski definition) is 2. The van der Waals surface area contributed by atoms with Crippen LogP contribution in [0.3, 0.4) is 0 Å². The first-order valence-electron chi connectivity index (χ1n) is 11.4. The molecule has 0 unspecified atom stereocenters. The fourth-order valence-electron chi connectivity index (χ4n) is 5.71. The van der Waals surface area contributed by atoms with Crippen molar-refractivity contribution in [1.29, 1.82) is 0 Å². The van der Waals surface area contributed by atoms with E-state index in [1.54, 1.807) is 0 Å². The number of pyridine rings is 2. The van der Waals surface area contributed by atoms with E-state index in [-0.39, 0.29) is 21.1 Å². The van der Waals surface area contributed by atoms with Gasteiger partial charge < -0.3 is 9.97 Å².